The van der Waals surface area contributed by atoms with Crippen LogP contribution in [0.3, 0.4) is 0 Å². The lowest BCUT2D eigenvalue weighted by atomic mass is 10.1. The maximum Gasteiger partial charge on any atom is 0.0504 e. The van der Waals surface area contributed by atoms with Crippen molar-refractivity contribution in [3.05, 3.63) is 46.5 Å². The zero-order valence-electron chi connectivity index (χ0n) is 8.76. The highest BCUT2D eigenvalue weighted by Crippen LogP contribution is 2.24. The largest absolute Gasteiger partial charge is 0.307 e. The van der Waals surface area contributed by atoms with E-state index in [1.807, 2.05) is 18.2 Å². The van der Waals surface area contributed by atoms with Crippen LogP contribution in [0.1, 0.15) is 24.9 Å². The Balaban J connectivity index is 2.86. The summed E-state index contributed by atoms with van der Waals surface area (Å²) < 4.78 is 0. The van der Waals surface area contributed by atoms with Crippen molar-refractivity contribution in [3.63, 3.8) is 0 Å². The molecule has 0 fully saturated rings. The van der Waals surface area contributed by atoms with E-state index in [1.54, 1.807) is 6.07 Å². The summed E-state index contributed by atoms with van der Waals surface area (Å²) in [6.45, 7) is 6.87. The fourth-order valence-corrected chi connectivity index (χ4v) is 1.93. The Morgan fingerprint density at radius 2 is 1.93 bits per heavy atom. The monoisotopic (exact) mass is 243 g/mol. The van der Waals surface area contributed by atoms with E-state index in [0.29, 0.717) is 10.0 Å². The van der Waals surface area contributed by atoms with Crippen LogP contribution >= 0.6 is 23.2 Å². The molecule has 1 N–H and O–H groups in total. The van der Waals surface area contributed by atoms with Crippen LogP contribution in [0.4, 0.5) is 0 Å². The van der Waals surface area contributed by atoms with Crippen LogP contribution in [-0.2, 0) is 0 Å². The molecule has 0 aliphatic rings. The fraction of sp³-hybridized carbons (Fsp3) is 0.333. The van der Waals surface area contributed by atoms with Gasteiger partial charge in [0.25, 0.3) is 0 Å². The normalized spacial score (nSPS) is 12.5. The highest BCUT2D eigenvalue weighted by molar-refractivity contribution is 6.34. The fourth-order valence-electron chi connectivity index (χ4n) is 1.39. The van der Waals surface area contributed by atoms with Gasteiger partial charge in [0.05, 0.1) is 6.04 Å². The number of halogens is 2. The van der Waals surface area contributed by atoms with Gasteiger partial charge in [0.2, 0.25) is 0 Å². The van der Waals surface area contributed by atoms with Crippen molar-refractivity contribution in [2.45, 2.75) is 19.4 Å². The minimum Gasteiger partial charge on any atom is -0.307 e. The molecule has 0 heterocycles. The van der Waals surface area contributed by atoms with Crippen molar-refractivity contribution in [2.24, 2.45) is 0 Å². The average molecular weight is 244 g/mol. The minimum atomic E-state index is 0.112. The van der Waals surface area contributed by atoms with Gasteiger partial charge in [0.15, 0.2) is 0 Å². The quantitative estimate of drug-likeness (QED) is 0.764. The first-order valence-electron chi connectivity index (χ1n) is 4.99. The summed E-state index contributed by atoms with van der Waals surface area (Å²) >= 11 is 11.9. The molecule has 1 atom stereocenters. The van der Waals surface area contributed by atoms with Gasteiger partial charge >= 0.3 is 0 Å². The second kappa shape index (κ2) is 6.16. The van der Waals surface area contributed by atoms with E-state index in [4.69, 9.17) is 23.2 Å². The van der Waals surface area contributed by atoms with E-state index in [2.05, 4.69) is 18.8 Å². The molecule has 0 saturated heterocycles. The Morgan fingerprint density at radius 1 is 1.33 bits per heavy atom. The highest BCUT2D eigenvalue weighted by atomic mass is 35.5. The van der Waals surface area contributed by atoms with E-state index in [-0.39, 0.29) is 6.04 Å². The number of hydrogen-bond acceptors (Lipinski definition) is 1. The summed E-state index contributed by atoms with van der Waals surface area (Å²) in [6, 6.07) is 5.65. The van der Waals surface area contributed by atoms with E-state index in [0.717, 1.165) is 18.5 Å². The molecular formula is C12H15Cl2N. The van der Waals surface area contributed by atoms with Gasteiger partial charge in [-0.05, 0) is 36.7 Å². The summed E-state index contributed by atoms with van der Waals surface area (Å²) in [6.07, 6.45) is 2.94. The van der Waals surface area contributed by atoms with Crippen LogP contribution in [0.2, 0.25) is 10.0 Å². The highest BCUT2D eigenvalue weighted by Gasteiger charge is 2.07. The topological polar surface area (TPSA) is 12.0 Å². The molecule has 0 aliphatic heterocycles. The van der Waals surface area contributed by atoms with Gasteiger partial charge in [-0.1, -0.05) is 36.2 Å². The number of benzene rings is 1. The van der Waals surface area contributed by atoms with Crippen molar-refractivity contribution in [1.29, 1.82) is 0 Å². The molecule has 1 nitrogen and oxygen atoms in total. The van der Waals surface area contributed by atoms with Gasteiger partial charge in [-0.3, -0.25) is 0 Å². The van der Waals surface area contributed by atoms with Crippen LogP contribution in [0.5, 0.6) is 0 Å². The first-order chi connectivity index (χ1) is 7.17. The summed E-state index contributed by atoms with van der Waals surface area (Å²) in [5.74, 6) is 0. The first kappa shape index (κ1) is 12.6. The molecule has 1 unspecified atom stereocenters. The van der Waals surface area contributed by atoms with E-state index in [1.165, 1.54) is 0 Å². The zero-order chi connectivity index (χ0) is 11.3. The van der Waals surface area contributed by atoms with Crippen molar-refractivity contribution < 1.29 is 0 Å². The lowest BCUT2D eigenvalue weighted by molar-refractivity contribution is 0.613. The van der Waals surface area contributed by atoms with Crippen LogP contribution in [0.25, 0.3) is 0 Å². The van der Waals surface area contributed by atoms with Crippen molar-refractivity contribution >= 4 is 23.2 Å². The minimum absolute atomic E-state index is 0.112. The molecule has 1 aromatic carbocycles. The Labute approximate surface area is 101 Å². The Morgan fingerprint density at radius 3 is 2.40 bits per heavy atom. The third kappa shape index (κ3) is 3.86. The zero-order valence-corrected chi connectivity index (χ0v) is 10.3. The Kier molecular flexibility index (Phi) is 5.16. The molecule has 0 spiro atoms. The maximum absolute atomic E-state index is 5.94. The lowest BCUT2D eigenvalue weighted by Crippen LogP contribution is -2.20. The maximum atomic E-state index is 5.94. The standard InChI is InChI=1S/C12H15Cl2N/c1-3-5-15-12(4-2)9-6-10(13)8-11(14)7-9/h4,6-8,12,15H,2-3,5H2,1H3. The molecule has 0 bridgehead atoms. The van der Waals surface area contributed by atoms with E-state index < -0.39 is 0 Å². The third-order valence-electron chi connectivity index (χ3n) is 2.09. The Bertz CT molecular complexity index is 316. The van der Waals surface area contributed by atoms with Crippen LogP contribution < -0.4 is 5.32 Å². The van der Waals surface area contributed by atoms with E-state index in [9.17, 15) is 0 Å². The third-order valence-corrected chi connectivity index (χ3v) is 2.53. The summed E-state index contributed by atoms with van der Waals surface area (Å²) in [5.41, 5.74) is 1.05. The second-order valence-electron chi connectivity index (χ2n) is 3.37. The molecule has 3 heteroatoms. The van der Waals surface area contributed by atoms with Crippen molar-refractivity contribution in [1.82, 2.24) is 5.32 Å². The summed E-state index contributed by atoms with van der Waals surface area (Å²) in [7, 11) is 0. The average Bonchev–Trinajstić information content (AvgIpc) is 2.17. The lowest BCUT2D eigenvalue weighted by Gasteiger charge is -2.15. The number of rotatable bonds is 5. The predicted molar refractivity (Wildman–Crippen MR) is 67.7 cm³/mol. The molecule has 1 rings (SSSR count). The molecule has 0 amide bonds. The first-order valence-corrected chi connectivity index (χ1v) is 5.75. The molecule has 0 aromatic heterocycles. The Hall–Kier alpha value is -0.500. The smallest absolute Gasteiger partial charge is 0.0504 e. The van der Waals surface area contributed by atoms with Gasteiger partial charge < -0.3 is 5.32 Å². The van der Waals surface area contributed by atoms with Crippen LogP contribution in [0, 0.1) is 0 Å². The molecule has 0 radical (unpaired) electrons. The van der Waals surface area contributed by atoms with Gasteiger partial charge in [0, 0.05) is 10.0 Å². The SMILES string of the molecule is C=CC(NCCC)c1cc(Cl)cc(Cl)c1. The van der Waals surface area contributed by atoms with E-state index >= 15 is 0 Å². The molecule has 0 aliphatic carbocycles. The van der Waals surface area contributed by atoms with Crippen LogP contribution in [-0.4, -0.2) is 6.54 Å². The van der Waals surface area contributed by atoms with Gasteiger partial charge in [-0.2, -0.15) is 0 Å². The molecule has 0 saturated carbocycles. The summed E-state index contributed by atoms with van der Waals surface area (Å²) in [5, 5.41) is 4.66. The van der Waals surface area contributed by atoms with Crippen LogP contribution in [0.15, 0.2) is 30.9 Å². The molecule has 1 aromatic rings. The second-order valence-corrected chi connectivity index (χ2v) is 4.24. The van der Waals surface area contributed by atoms with Crippen molar-refractivity contribution in [3.8, 4) is 0 Å². The molecule has 15 heavy (non-hydrogen) atoms. The molecular weight excluding hydrogens is 229 g/mol. The van der Waals surface area contributed by atoms with Gasteiger partial charge in [-0.25, -0.2) is 0 Å². The van der Waals surface area contributed by atoms with Crippen molar-refractivity contribution in [2.75, 3.05) is 6.54 Å². The number of hydrogen-bond donors (Lipinski definition) is 1. The predicted octanol–water partition coefficient (Wildman–Crippen LogP) is 4.22. The molecule has 82 valence electrons. The summed E-state index contributed by atoms with van der Waals surface area (Å²) in [4.78, 5) is 0. The number of nitrogens with one attached hydrogen (secondary N) is 1. The van der Waals surface area contributed by atoms with Gasteiger partial charge in [0.1, 0.15) is 0 Å². The van der Waals surface area contributed by atoms with Gasteiger partial charge in [-0.15, -0.1) is 6.58 Å².